The van der Waals surface area contributed by atoms with E-state index >= 15 is 0 Å². The molecule has 4 nitrogen and oxygen atoms in total. The summed E-state index contributed by atoms with van der Waals surface area (Å²) in [5.41, 5.74) is 1.35. The van der Waals surface area contributed by atoms with Crippen molar-refractivity contribution in [2.45, 2.75) is 25.8 Å². The van der Waals surface area contributed by atoms with E-state index in [0.29, 0.717) is 12.6 Å². The summed E-state index contributed by atoms with van der Waals surface area (Å²) in [6.07, 6.45) is 1.35. The molecule has 0 spiro atoms. The molecule has 20 heavy (non-hydrogen) atoms. The van der Waals surface area contributed by atoms with Crippen LogP contribution >= 0.6 is 0 Å². The van der Waals surface area contributed by atoms with E-state index < -0.39 is 5.97 Å². The van der Waals surface area contributed by atoms with Gasteiger partial charge in [0.1, 0.15) is 0 Å². The second-order valence-corrected chi connectivity index (χ2v) is 5.46. The molecule has 1 aromatic rings. The molecule has 1 heterocycles. The first-order chi connectivity index (χ1) is 9.66. The third kappa shape index (κ3) is 4.32. The van der Waals surface area contributed by atoms with Crippen molar-refractivity contribution < 1.29 is 9.90 Å². The maximum atomic E-state index is 10.6. The van der Waals surface area contributed by atoms with Crippen LogP contribution in [0.1, 0.15) is 31.4 Å². The van der Waals surface area contributed by atoms with Gasteiger partial charge in [-0.15, -0.1) is 0 Å². The lowest BCUT2D eigenvalue weighted by molar-refractivity contribution is -0.137. The predicted molar refractivity (Wildman–Crippen MR) is 79.7 cm³/mol. The molecule has 0 radical (unpaired) electrons. The second kappa shape index (κ2) is 7.41. The van der Waals surface area contributed by atoms with Crippen molar-refractivity contribution in [2.75, 3.05) is 32.7 Å². The van der Waals surface area contributed by atoms with Gasteiger partial charge in [-0.1, -0.05) is 30.3 Å². The van der Waals surface area contributed by atoms with Gasteiger partial charge in [0, 0.05) is 32.2 Å². The van der Waals surface area contributed by atoms with Crippen LogP contribution in [0.15, 0.2) is 30.3 Å². The van der Waals surface area contributed by atoms with E-state index in [2.05, 4.69) is 41.0 Å². The van der Waals surface area contributed by atoms with E-state index in [-0.39, 0.29) is 6.42 Å². The number of nitrogens with zero attached hydrogens (tertiary/aromatic N) is 2. The molecule has 0 saturated carbocycles. The lowest BCUT2D eigenvalue weighted by Gasteiger charge is -2.28. The predicted octanol–water partition coefficient (Wildman–Crippen LogP) is 2.23. The number of carbonyl (C=O) groups is 1. The summed E-state index contributed by atoms with van der Waals surface area (Å²) < 4.78 is 0. The molecule has 110 valence electrons. The first kappa shape index (κ1) is 15.0. The molecular weight excluding hydrogens is 252 g/mol. The Morgan fingerprint density at radius 2 is 1.95 bits per heavy atom. The lowest BCUT2D eigenvalue weighted by atomic mass is 10.1. The average Bonchev–Trinajstić information content (AvgIpc) is 2.71. The Kier molecular flexibility index (Phi) is 5.56. The van der Waals surface area contributed by atoms with Gasteiger partial charge in [0.05, 0.1) is 6.42 Å². The fraction of sp³-hybridized carbons (Fsp3) is 0.562. The van der Waals surface area contributed by atoms with Gasteiger partial charge in [-0.25, -0.2) is 0 Å². The number of benzene rings is 1. The first-order valence-corrected chi connectivity index (χ1v) is 7.40. The Morgan fingerprint density at radius 3 is 2.65 bits per heavy atom. The molecule has 0 amide bonds. The molecule has 1 aliphatic rings. The number of carboxylic acid groups (broad SMARTS) is 1. The molecule has 1 N–H and O–H groups in total. The summed E-state index contributed by atoms with van der Waals surface area (Å²) in [6.45, 7) is 6.98. The summed E-state index contributed by atoms with van der Waals surface area (Å²) in [5, 5.41) is 8.77. The van der Waals surface area contributed by atoms with Crippen LogP contribution in [0.25, 0.3) is 0 Å². The van der Waals surface area contributed by atoms with Crippen molar-refractivity contribution in [3.8, 4) is 0 Å². The number of hydrogen-bond acceptors (Lipinski definition) is 3. The Balaban J connectivity index is 1.87. The SMILES string of the molecule is CC(c1ccccc1)N1CCCN(CCC(=O)O)CC1. The summed E-state index contributed by atoms with van der Waals surface area (Å²) in [4.78, 5) is 15.4. The summed E-state index contributed by atoms with van der Waals surface area (Å²) >= 11 is 0. The molecule has 4 heteroatoms. The van der Waals surface area contributed by atoms with Gasteiger partial charge >= 0.3 is 5.97 Å². The van der Waals surface area contributed by atoms with Crippen LogP contribution in [0.4, 0.5) is 0 Å². The van der Waals surface area contributed by atoms with E-state index in [1.807, 2.05) is 6.07 Å². The standard InChI is InChI=1S/C16H24N2O2/c1-14(15-6-3-2-4-7-15)18-10-5-9-17(12-13-18)11-8-16(19)20/h2-4,6-7,14H,5,8-13H2,1H3,(H,19,20). The highest BCUT2D eigenvalue weighted by Gasteiger charge is 2.20. The third-order valence-corrected chi connectivity index (χ3v) is 4.09. The number of rotatable bonds is 5. The summed E-state index contributed by atoms with van der Waals surface area (Å²) in [7, 11) is 0. The van der Waals surface area contributed by atoms with Gasteiger partial charge < -0.3 is 10.0 Å². The smallest absolute Gasteiger partial charge is 0.304 e. The van der Waals surface area contributed by atoms with Crippen molar-refractivity contribution >= 4 is 5.97 Å². The minimum absolute atomic E-state index is 0.244. The maximum Gasteiger partial charge on any atom is 0.304 e. The van der Waals surface area contributed by atoms with Crippen LogP contribution in [0, 0.1) is 0 Å². The van der Waals surface area contributed by atoms with Crippen LogP contribution in [0.5, 0.6) is 0 Å². The Morgan fingerprint density at radius 1 is 1.20 bits per heavy atom. The normalized spacial score (nSPS) is 19.4. The molecule has 1 fully saturated rings. The minimum atomic E-state index is -0.705. The Hall–Kier alpha value is -1.39. The summed E-state index contributed by atoms with van der Waals surface area (Å²) in [5.74, 6) is -0.705. The molecule has 0 aliphatic carbocycles. The fourth-order valence-electron chi connectivity index (χ4n) is 2.80. The zero-order valence-electron chi connectivity index (χ0n) is 12.2. The van der Waals surface area contributed by atoms with E-state index in [9.17, 15) is 4.79 Å². The molecule has 1 aliphatic heterocycles. The zero-order valence-corrected chi connectivity index (χ0v) is 12.2. The van der Waals surface area contributed by atoms with Gasteiger partial charge in [-0.3, -0.25) is 9.69 Å². The molecule has 1 unspecified atom stereocenters. The molecule has 2 rings (SSSR count). The maximum absolute atomic E-state index is 10.6. The van der Waals surface area contributed by atoms with E-state index in [1.54, 1.807) is 0 Å². The molecule has 0 bridgehead atoms. The van der Waals surface area contributed by atoms with Gasteiger partial charge in [-0.05, 0) is 25.5 Å². The highest BCUT2D eigenvalue weighted by Crippen LogP contribution is 2.21. The van der Waals surface area contributed by atoms with Crippen LogP contribution < -0.4 is 0 Å². The quantitative estimate of drug-likeness (QED) is 0.895. The van der Waals surface area contributed by atoms with Crippen LogP contribution in [-0.4, -0.2) is 53.6 Å². The van der Waals surface area contributed by atoms with Gasteiger partial charge in [0.25, 0.3) is 0 Å². The van der Waals surface area contributed by atoms with Crippen molar-refractivity contribution in [3.63, 3.8) is 0 Å². The van der Waals surface area contributed by atoms with E-state index in [0.717, 1.165) is 32.6 Å². The van der Waals surface area contributed by atoms with Crippen molar-refractivity contribution in [1.29, 1.82) is 0 Å². The van der Waals surface area contributed by atoms with Crippen LogP contribution in [-0.2, 0) is 4.79 Å². The topological polar surface area (TPSA) is 43.8 Å². The lowest BCUT2D eigenvalue weighted by Crippen LogP contribution is -2.33. The van der Waals surface area contributed by atoms with Gasteiger partial charge in [0.15, 0.2) is 0 Å². The van der Waals surface area contributed by atoms with E-state index in [4.69, 9.17) is 5.11 Å². The fourth-order valence-corrected chi connectivity index (χ4v) is 2.80. The first-order valence-electron chi connectivity index (χ1n) is 7.40. The second-order valence-electron chi connectivity index (χ2n) is 5.46. The van der Waals surface area contributed by atoms with Crippen molar-refractivity contribution in [1.82, 2.24) is 9.80 Å². The zero-order chi connectivity index (χ0) is 14.4. The van der Waals surface area contributed by atoms with Crippen molar-refractivity contribution in [2.24, 2.45) is 0 Å². The molecule has 1 aromatic carbocycles. The largest absolute Gasteiger partial charge is 0.481 e. The molecule has 1 saturated heterocycles. The summed E-state index contributed by atoms with van der Waals surface area (Å²) in [6, 6.07) is 11.0. The van der Waals surface area contributed by atoms with E-state index in [1.165, 1.54) is 5.56 Å². The Labute approximate surface area is 121 Å². The Bertz CT molecular complexity index is 422. The highest BCUT2D eigenvalue weighted by molar-refractivity contribution is 5.66. The third-order valence-electron chi connectivity index (χ3n) is 4.09. The van der Waals surface area contributed by atoms with Gasteiger partial charge in [0.2, 0.25) is 0 Å². The highest BCUT2D eigenvalue weighted by atomic mass is 16.4. The number of hydrogen-bond donors (Lipinski definition) is 1. The molecular formula is C16H24N2O2. The molecule has 0 aromatic heterocycles. The van der Waals surface area contributed by atoms with Gasteiger partial charge in [-0.2, -0.15) is 0 Å². The number of carboxylic acids is 1. The van der Waals surface area contributed by atoms with Crippen LogP contribution in [0.3, 0.4) is 0 Å². The van der Waals surface area contributed by atoms with Crippen LogP contribution in [0.2, 0.25) is 0 Å². The number of aliphatic carboxylic acids is 1. The molecule has 1 atom stereocenters. The average molecular weight is 276 g/mol. The van der Waals surface area contributed by atoms with Crippen molar-refractivity contribution in [3.05, 3.63) is 35.9 Å². The monoisotopic (exact) mass is 276 g/mol. The minimum Gasteiger partial charge on any atom is -0.481 e.